The first-order chi connectivity index (χ1) is 7.09. The van der Waals surface area contributed by atoms with Gasteiger partial charge in [-0.2, -0.15) is 0 Å². The van der Waals surface area contributed by atoms with Crippen LogP contribution in [0.15, 0.2) is 23.3 Å². The Hall–Kier alpha value is -0.520. The van der Waals surface area contributed by atoms with Crippen LogP contribution in [0.25, 0.3) is 0 Å². The third kappa shape index (κ3) is 2.04. The van der Waals surface area contributed by atoms with Gasteiger partial charge in [0, 0.05) is 0 Å². The molecule has 84 valence electrons. The average molecular weight is 204 g/mol. The Morgan fingerprint density at radius 3 is 2.60 bits per heavy atom. The molecule has 3 atom stereocenters. The summed E-state index contributed by atoms with van der Waals surface area (Å²) in [6.07, 6.45) is 6.87. The van der Waals surface area contributed by atoms with Crippen LogP contribution in [0.2, 0.25) is 0 Å². The second-order valence-corrected chi connectivity index (χ2v) is 5.79. The molecule has 0 saturated heterocycles. The summed E-state index contributed by atoms with van der Waals surface area (Å²) in [4.78, 5) is 0. The molecule has 0 aromatic heterocycles. The third-order valence-electron chi connectivity index (χ3n) is 4.43. The van der Waals surface area contributed by atoms with Crippen LogP contribution in [-0.4, -0.2) is 0 Å². The van der Waals surface area contributed by atoms with Crippen molar-refractivity contribution >= 4 is 0 Å². The van der Waals surface area contributed by atoms with E-state index in [0.717, 1.165) is 17.8 Å². The van der Waals surface area contributed by atoms with Crippen LogP contribution in [0, 0.1) is 17.8 Å². The maximum absolute atomic E-state index is 4.16. The van der Waals surface area contributed by atoms with Gasteiger partial charge in [-0.25, -0.2) is 0 Å². The van der Waals surface area contributed by atoms with Crippen molar-refractivity contribution in [2.45, 2.75) is 52.9 Å². The first-order valence-electron chi connectivity index (χ1n) is 6.47. The van der Waals surface area contributed by atoms with Gasteiger partial charge in [-0.3, -0.25) is 0 Å². The highest BCUT2D eigenvalue weighted by atomic mass is 14.4. The molecule has 0 spiro atoms. The van der Waals surface area contributed by atoms with Crippen molar-refractivity contribution < 1.29 is 0 Å². The molecular weight excluding hydrogens is 180 g/mol. The Bertz CT molecular complexity index is 295. The maximum Gasteiger partial charge on any atom is -0.0171 e. The summed E-state index contributed by atoms with van der Waals surface area (Å²) in [7, 11) is 0. The Morgan fingerprint density at radius 1 is 1.20 bits per heavy atom. The van der Waals surface area contributed by atoms with Gasteiger partial charge in [0.15, 0.2) is 0 Å². The summed E-state index contributed by atoms with van der Waals surface area (Å²) in [5, 5.41) is 0. The molecule has 0 aromatic rings. The van der Waals surface area contributed by atoms with E-state index in [9.17, 15) is 0 Å². The monoisotopic (exact) mass is 204 g/mol. The molecule has 0 heterocycles. The summed E-state index contributed by atoms with van der Waals surface area (Å²) in [5.41, 5.74) is 4.74. The average Bonchev–Trinajstić information content (AvgIpc) is 2.17. The second kappa shape index (κ2) is 4.15. The molecule has 0 heteroatoms. The lowest BCUT2D eigenvalue weighted by molar-refractivity contribution is 0.265. The molecule has 0 aliphatic heterocycles. The van der Waals surface area contributed by atoms with E-state index >= 15 is 0 Å². The van der Waals surface area contributed by atoms with Gasteiger partial charge in [0.1, 0.15) is 0 Å². The summed E-state index contributed by atoms with van der Waals surface area (Å²) >= 11 is 0. The summed E-state index contributed by atoms with van der Waals surface area (Å²) in [5.74, 6) is 2.70. The van der Waals surface area contributed by atoms with Gasteiger partial charge in [0.2, 0.25) is 0 Å². The standard InChI is InChI=1S/C15H24/c1-10(2)13-8-6-12(4)14-7-5-11(3)9-15(13)14/h11-12,14H,1,5-9H2,2-4H3. The van der Waals surface area contributed by atoms with Gasteiger partial charge >= 0.3 is 0 Å². The maximum atomic E-state index is 4.16. The molecule has 15 heavy (non-hydrogen) atoms. The van der Waals surface area contributed by atoms with E-state index < -0.39 is 0 Å². The first-order valence-corrected chi connectivity index (χ1v) is 6.47. The minimum absolute atomic E-state index is 0.890. The zero-order valence-electron chi connectivity index (χ0n) is 10.5. The Kier molecular flexibility index (Phi) is 3.04. The van der Waals surface area contributed by atoms with E-state index in [1.165, 1.54) is 37.7 Å². The van der Waals surface area contributed by atoms with E-state index in [0.29, 0.717) is 0 Å². The predicted octanol–water partition coefficient (Wildman–Crippen LogP) is 4.73. The highest BCUT2D eigenvalue weighted by molar-refractivity contribution is 5.36. The highest BCUT2D eigenvalue weighted by Gasteiger charge is 2.32. The van der Waals surface area contributed by atoms with Crippen molar-refractivity contribution in [1.82, 2.24) is 0 Å². The van der Waals surface area contributed by atoms with Gasteiger partial charge in [0.25, 0.3) is 0 Å². The first kappa shape index (κ1) is 11.0. The van der Waals surface area contributed by atoms with E-state index in [1.54, 1.807) is 11.1 Å². The van der Waals surface area contributed by atoms with Crippen molar-refractivity contribution in [3.05, 3.63) is 23.3 Å². The van der Waals surface area contributed by atoms with Gasteiger partial charge in [-0.15, -0.1) is 0 Å². The zero-order valence-corrected chi connectivity index (χ0v) is 10.5. The summed E-state index contributed by atoms with van der Waals surface area (Å²) in [6.45, 7) is 11.2. The van der Waals surface area contributed by atoms with Crippen LogP contribution >= 0.6 is 0 Å². The number of fused-ring (bicyclic) bond motifs is 1. The number of hydrogen-bond acceptors (Lipinski definition) is 0. The fourth-order valence-electron chi connectivity index (χ4n) is 3.46. The van der Waals surface area contributed by atoms with Gasteiger partial charge in [-0.1, -0.05) is 31.6 Å². The van der Waals surface area contributed by atoms with Crippen molar-refractivity contribution in [3.63, 3.8) is 0 Å². The largest absolute Gasteiger partial charge is 0.0958 e. The Morgan fingerprint density at radius 2 is 1.93 bits per heavy atom. The van der Waals surface area contributed by atoms with Crippen molar-refractivity contribution in [3.8, 4) is 0 Å². The molecule has 0 bridgehead atoms. The molecule has 0 radical (unpaired) electrons. The van der Waals surface area contributed by atoms with Gasteiger partial charge in [0.05, 0.1) is 0 Å². The fraction of sp³-hybridized carbons (Fsp3) is 0.733. The van der Waals surface area contributed by atoms with E-state index in [-0.39, 0.29) is 0 Å². The molecule has 0 aromatic carbocycles. The van der Waals surface area contributed by atoms with Crippen LogP contribution in [0.5, 0.6) is 0 Å². The minimum Gasteiger partial charge on any atom is -0.0958 e. The minimum atomic E-state index is 0.890. The molecule has 0 amide bonds. The quantitative estimate of drug-likeness (QED) is 0.579. The summed E-state index contributed by atoms with van der Waals surface area (Å²) in [6, 6.07) is 0. The molecule has 2 rings (SSSR count). The SMILES string of the molecule is C=C(C)C1=C2CC(C)CCC2C(C)CC1. The Labute approximate surface area is 94.5 Å². The van der Waals surface area contributed by atoms with Crippen molar-refractivity contribution in [2.75, 3.05) is 0 Å². The van der Waals surface area contributed by atoms with Crippen molar-refractivity contribution in [1.29, 1.82) is 0 Å². The number of rotatable bonds is 1. The molecule has 1 fully saturated rings. The lowest BCUT2D eigenvalue weighted by Gasteiger charge is -2.39. The molecule has 3 unspecified atom stereocenters. The van der Waals surface area contributed by atoms with Crippen LogP contribution in [-0.2, 0) is 0 Å². The molecule has 1 saturated carbocycles. The fourth-order valence-corrected chi connectivity index (χ4v) is 3.46. The lowest BCUT2D eigenvalue weighted by atomic mass is 9.66. The lowest BCUT2D eigenvalue weighted by Crippen LogP contribution is -2.26. The number of allylic oxidation sites excluding steroid dienone is 3. The normalized spacial score (nSPS) is 36.3. The molecule has 0 N–H and O–H groups in total. The summed E-state index contributed by atoms with van der Waals surface area (Å²) < 4.78 is 0. The third-order valence-corrected chi connectivity index (χ3v) is 4.43. The van der Waals surface area contributed by atoms with Gasteiger partial charge in [-0.05, 0) is 62.4 Å². The van der Waals surface area contributed by atoms with Crippen LogP contribution in [0.1, 0.15) is 52.9 Å². The van der Waals surface area contributed by atoms with Crippen molar-refractivity contribution in [2.24, 2.45) is 17.8 Å². The van der Waals surface area contributed by atoms with E-state index in [2.05, 4.69) is 27.4 Å². The molecular formula is C15H24. The van der Waals surface area contributed by atoms with Gasteiger partial charge < -0.3 is 0 Å². The molecule has 0 nitrogen and oxygen atoms in total. The van der Waals surface area contributed by atoms with E-state index in [4.69, 9.17) is 0 Å². The van der Waals surface area contributed by atoms with Crippen LogP contribution in [0.4, 0.5) is 0 Å². The highest BCUT2D eigenvalue weighted by Crippen LogP contribution is 2.46. The topological polar surface area (TPSA) is 0 Å². The van der Waals surface area contributed by atoms with Crippen LogP contribution < -0.4 is 0 Å². The smallest absolute Gasteiger partial charge is 0.0171 e. The van der Waals surface area contributed by atoms with Crippen LogP contribution in [0.3, 0.4) is 0 Å². The zero-order chi connectivity index (χ0) is 11.0. The molecule has 2 aliphatic rings. The second-order valence-electron chi connectivity index (χ2n) is 5.79. The predicted molar refractivity (Wildman–Crippen MR) is 66.7 cm³/mol. The Balaban J connectivity index is 2.32. The number of hydrogen-bond donors (Lipinski definition) is 0. The van der Waals surface area contributed by atoms with E-state index in [1.807, 2.05) is 0 Å². The molecule has 2 aliphatic carbocycles.